The quantitative estimate of drug-likeness (QED) is 0.865. The molecule has 148 valence electrons. The monoisotopic (exact) mass is 372 g/mol. The molecule has 1 atom stereocenters. The van der Waals surface area contributed by atoms with Crippen LogP contribution in [0.5, 0.6) is 0 Å². The third-order valence-corrected chi connectivity index (χ3v) is 7.68. The number of aromatic amines is 1. The normalized spacial score (nSPS) is 31.2. The van der Waals surface area contributed by atoms with Crippen LogP contribution in [0.3, 0.4) is 0 Å². The second kappa shape index (κ2) is 6.89. The molecule has 3 heterocycles. The number of H-pyrrole nitrogens is 1. The summed E-state index contributed by atoms with van der Waals surface area (Å²) in [5.74, 6) is 0.399. The second-order valence-electron chi connectivity index (χ2n) is 9.07. The van der Waals surface area contributed by atoms with Crippen LogP contribution in [0.1, 0.15) is 62.6 Å². The molecule has 1 amide bonds. The molecule has 1 N–H and O–H groups in total. The highest BCUT2D eigenvalue weighted by molar-refractivity contribution is 5.87. The molecule has 1 unspecified atom stereocenters. The van der Waals surface area contributed by atoms with Crippen molar-refractivity contribution in [3.63, 3.8) is 0 Å². The van der Waals surface area contributed by atoms with E-state index in [9.17, 15) is 4.79 Å². The van der Waals surface area contributed by atoms with E-state index in [1.807, 2.05) is 6.20 Å². The van der Waals surface area contributed by atoms with Gasteiger partial charge in [0.1, 0.15) is 5.54 Å². The molecule has 0 radical (unpaired) electrons. The van der Waals surface area contributed by atoms with Gasteiger partial charge in [0.05, 0.1) is 19.4 Å². The minimum atomic E-state index is -0.282. The van der Waals surface area contributed by atoms with Crippen LogP contribution in [0, 0.1) is 0 Å². The molecule has 6 heteroatoms. The molecule has 5 rings (SSSR count). The Hall–Kier alpha value is -1.40. The zero-order valence-electron chi connectivity index (χ0n) is 16.3. The fourth-order valence-electron chi connectivity index (χ4n) is 6.26. The van der Waals surface area contributed by atoms with Crippen molar-refractivity contribution in [2.45, 2.75) is 68.7 Å². The van der Waals surface area contributed by atoms with Crippen LogP contribution in [-0.4, -0.2) is 70.8 Å². The van der Waals surface area contributed by atoms with E-state index in [1.54, 1.807) is 0 Å². The topological polar surface area (TPSA) is 61.5 Å². The van der Waals surface area contributed by atoms with Crippen LogP contribution in [0.2, 0.25) is 0 Å². The van der Waals surface area contributed by atoms with Crippen molar-refractivity contribution in [2.75, 3.05) is 39.4 Å². The Bertz CT molecular complexity index is 690. The van der Waals surface area contributed by atoms with Crippen molar-refractivity contribution in [1.82, 2.24) is 20.0 Å². The van der Waals surface area contributed by atoms with Crippen LogP contribution in [0.4, 0.5) is 0 Å². The lowest BCUT2D eigenvalue weighted by atomic mass is 9.75. The second-order valence-corrected chi connectivity index (χ2v) is 9.07. The first-order chi connectivity index (χ1) is 13.2. The Morgan fingerprint density at radius 2 is 1.85 bits per heavy atom. The predicted molar refractivity (Wildman–Crippen MR) is 103 cm³/mol. The fourth-order valence-corrected chi connectivity index (χ4v) is 6.26. The summed E-state index contributed by atoms with van der Waals surface area (Å²) in [6.07, 6.45) is 12.2. The molecule has 6 nitrogen and oxygen atoms in total. The number of nitrogens with one attached hydrogen (secondary N) is 1. The highest BCUT2D eigenvalue weighted by Crippen LogP contribution is 2.45. The van der Waals surface area contributed by atoms with Gasteiger partial charge in [0.25, 0.3) is 0 Å². The summed E-state index contributed by atoms with van der Waals surface area (Å²) in [6.45, 7) is 5.10. The number of aromatic nitrogens is 2. The summed E-state index contributed by atoms with van der Waals surface area (Å²) in [4.78, 5) is 18.7. The van der Waals surface area contributed by atoms with E-state index in [0.717, 1.165) is 71.5 Å². The van der Waals surface area contributed by atoms with Gasteiger partial charge in [-0.15, -0.1) is 0 Å². The number of morpholine rings is 1. The molecule has 2 saturated heterocycles. The van der Waals surface area contributed by atoms with Gasteiger partial charge in [-0.05, 0) is 44.1 Å². The van der Waals surface area contributed by atoms with Gasteiger partial charge in [0, 0.05) is 37.3 Å². The number of piperidine rings is 1. The van der Waals surface area contributed by atoms with E-state index in [1.165, 1.54) is 36.9 Å². The van der Waals surface area contributed by atoms with Crippen molar-refractivity contribution < 1.29 is 9.53 Å². The number of aryl methyl sites for hydroxylation is 1. The maximum atomic E-state index is 14.0. The number of rotatable bonds is 2. The van der Waals surface area contributed by atoms with Crippen LogP contribution in [0.15, 0.2) is 6.20 Å². The Labute approximate surface area is 161 Å². The van der Waals surface area contributed by atoms with E-state index in [4.69, 9.17) is 4.74 Å². The molecule has 1 aromatic rings. The van der Waals surface area contributed by atoms with E-state index in [-0.39, 0.29) is 11.0 Å². The summed E-state index contributed by atoms with van der Waals surface area (Å²) in [6, 6.07) is 0. The largest absolute Gasteiger partial charge is 0.379 e. The minimum Gasteiger partial charge on any atom is -0.379 e. The number of likely N-dealkylation sites (tertiary alicyclic amines) is 1. The standard InChI is InChI=1S/C21H32N4O2/c26-19(21(7-2-1-3-8-21)25-11-13-27-14-12-25)24-10-4-6-20(16-24)9-5-17-15-22-23-18(17)20/h15H,1-14,16H2,(H,22,23). The number of carbonyl (C=O) groups excluding carboxylic acids is 1. The molecule has 27 heavy (non-hydrogen) atoms. The number of hydrogen-bond acceptors (Lipinski definition) is 4. The van der Waals surface area contributed by atoms with Crippen LogP contribution in [0.25, 0.3) is 0 Å². The SMILES string of the molecule is O=C(N1CCCC2(CCc3cn[nH]c32)C1)C1(N2CCOCC2)CCCCC1. The van der Waals surface area contributed by atoms with Gasteiger partial charge in [-0.25, -0.2) is 0 Å². The maximum Gasteiger partial charge on any atom is 0.243 e. The molecule has 1 saturated carbocycles. The average molecular weight is 373 g/mol. The van der Waals surface area contributed by atoms with Gasteiger partial charge < -0.3 is 9.64 Å². The summed E-state index contributed by atoms with van der Waals surface area (Å²) in [5.41, 5.74) is 2.50. The number of nitrogens with zero attached hydrogens (tertiary/aromatic N) is 3. The fraction of sp³-hybridized carbons (Fsp3) is 0.810. The van der Waals surface area contributed by atoms with E-state index in [0.29, 0.717) is 5.91 Å². The highest BCUT2D eigenvalue weighted by Gasteiger charge is 2.51. The first-order valence-corrected chi connectivity index (χ1v) is 10.9. The molecule has 1 aromatic heterocycles. The molecule has 0 bridgehead atoms. The van der Waals surface area contributed by atoms with Gasteiger partial charge in [0.15, 0.2) is 0 Å². The van der Waals surface area contributed by atoms with Gasteiger partial charge in [0.2, 0.25) is 5.91 Å². The van der Waals surface area contributed by atoms with Crippen molar-refractivity contribution >= 4 is 5.91 Å². The van der Waals surface area contributed by atoms with Crippen LogP contribution >= 0.6 is 0 Å². The first-order valence-electron chi connectivity index (χ1n) is 10.9. The molecule has 3 fully saturated rings. The van der Waals surface area contributed by atoms with Gasteiger partial charge >= 0.3 is 0 Å². The molecular formula is C21H32N4O2. The summed E-state index contributed by atoms with van der Waals surface area (Å²) < 4.78 is 5.59. The van der Waals surface area contributed by atoms with E-state index >= 15 is 0 Å². The molecule has 2 aliphatic heterocycles. The van der Waals surface area contributed by atoms with Gasteiger partial charge in [-0.2, -0.15) is 5.10 Å². The number of fused-ring (bicyclic) bond motifs is 2. The Balaban J connectivity index is 1.41. The zero-order valence-corrected chi connectivity index (χ0v) is 16.3. The third kappa shape index (κ3) is 2.83. The van der Waals surface area contributed by atoms with Crippen molar-refractivity contribution in [3.05, 3.63) is 17.5 Å². The molecule has 0 aromatic carbocycles. The highest BCUT2D eigenvalue weighted by atomic mass is 16.5. The van der Waals surface area contributed by atoms with Crippen LogP contribution in [-0.2, 0) is 21.4 Å². The van der Waals surface area contributed by atoms with Crippen molar-refractivity contribution in [3.8, 4) is 0 Å². The van der Waals surface area contributed by atoms with E-state index < -0.39 is 0 Å². The minimum absolute atomic E-state index is 0.112. The maximum absolute atomic E-state index is 14.0. The smallest absolute Gasteiger partial charge is 0.243 e. The Morgan fingerprint density at radius 3 is 2.67 bits per heavy atom. The number of carbonyl (C=O) groups is 1. The lowest BCUT2D eigenvalue weighted by Crippen LogP contribution is -2.64. The van der Waals surface area contributed by atoms with Crippen molar-refractivity contribution in [1.29, 1.82) is 0 Å². The van der Waals surface area contributed by atoms with Crippen molar-refractivity contribution in [2.24, 2.45) is 0 Å². The third-order valence-electron chi connectivity index (χ3n) is 7.68. The zero-order chi connectivity index (χ0) is 18.3. The van der Waals surface area contributed by atoms with Crippen LogP contribution < -0.4 is 0 Å². The number of hydrogen-bond donors (Lipinski definition) is 1. The predicted octanol–water partition coefficient (Wildman–Crippen LogP) is 2.25. The van der Waals surface area contributed by atoms with Gasteiger partial charge in [-0.1, -0.05) is 19.3 Å². The Morgan fingerprint density at radius 1 is 1.04 bits per heavy atom. The summed E-state index contributed by atoms with van der Waals surface area (Å²) >= 11 is 0. The molecule has 1 spiro atoms. The molecule has 2 aliphatic carbocycles. The Kier molecular flexibility index (Phi) is 4.51. The molecule has 4 aliphatic rings. The summed E-state index contributed by atoms with van der Waals surface area (Å²) in [7, 11) is 0. The van der Waals surface area contributed by atoms with E-state index in [2.05, 4.69) is 20.0 Å². The lowest BCUT2D eigenvalue weighted by Gasteiger charge is -2.50. The number of amides is 1. The first kappa shape index (κ1) is 17.7. The van der Waals surface area contributed by atoms with Gasteiger partial charge in [-0.3, -0.25) is 14.8 Å². The molecular weight excluding hydrogens is 340 g/mol. The average Bonchev–Trinajstić information content (AvgIpc) is 3.34. The lowest BCUT2D eigenvalue weighted by molar-refractivity contribution is -0.153. The number of ether oxygens (including phenoxy) is 1. The summed E-state index contributed by atoms with van der Waals surface area (Å²) in [5, 5.41) is 7.56.